The van der Waals surface area contributed by atoms with Crippen LogP contribution >= 0.6 is 0 Å². The van der Waals surface area contributed by atoms with Crippen molar-refractivity contribution in [1.82, 2.24) is 5.32 Å². The van der Waals surface area contributed by atoms with E-state index in [0.29, 0.717) is 11.8 Å². The van der Waals surface area contributed by atoms with E-state index in [4.69, 9.17) is 4.74 Å². The zero-order valence-corrected chi connectivity index (χ0v) is 13.0. The molecular formula is C18H22FNO. The predicted octanol–water partition coefficient (Wildman–Crippen LogP) is 4.73. The molecule has 0 aliphatic heterocycles. The first kappa shape index (κ1) is 15.5. The van der Waals surface area contributed by atoms with Gasteiger partial charge < -0.3 is 10.1 Å². The van der Waals surface area contributed by atoms with Crippen molar-refractivity contribution in [3.05, 3.63) is 58.9 Å². The van der Waals surface area contributed by atoms with E-state index in [1.54, 1.807) is 6.07 Å². The fraction of sp³-hybridized carbons (Fsp3) is 0.333. The number of halogens is 1. The van der Waals surface area contributed by atoms with Crippen LogP contribution in [-0.4, -0.2) is 6.04 Å². The van der Waals surface area contributed by atoms with Gasteiger partial charge in [-0.3, -0.25) is 0 Å². The number of aryl methyl sites for hydroxylation is 2. The smallest absolute Gasteiger partial charge is 0.133 e. The standard InChI is InChI=1S/C18H22FNO/c1-12(2)20-11-15-9-13(3)5-8-17(15)21-18-10-16(19)7-6-14(18)4/h5-10,12,20H,11H2,1-4H3. The molecule has 1 N–H and O–H groups in total. The van der Waals surface area contributed by atoms with Crippen LogP contribution in [0.4, 0.5) is 4.39 Å². The quantitative estimate of drug-likeness (QED) is 0.858. The molecule has 0 amide bonds. The molecular weight excluding hydrogens is 265 g/mol. The Morgan fingerprint density at radius 1 is 1.05 bits per heavy atom. The van der Waals surface area contributed by atoms with Crippen molar-refractivity contribution < 1.29 is 9.13 Å². The zero-order chi connectivity index (χ0) is 15.4. The van der Waals surface area contributed by atoms with Crippen LogP contribution in [0.2, 0.25) is 0 Å². The van der Waals surface area contributed by atoms with Gasteiger partial charge >= 0.3 is 0 Å². The van der Waals surface area contributed by atoms with E-state index in [1.807, 2.05) is 19.1 Å². The minimum Gasteiger partial charge on any atom is -0.457 e. The second-order valence-corrected chi connectivity index (χ2v) is 5.66. The van der Waals surface area contributed by atoms with Gasteiger partial charge in [-0.1, -0.05) is 37.6 Å². The third-order valence-electron chi connectivity index (χ3n) is 3.29. The average molecular weight is 287 g/mol. The summed E-state index contributed by atoms with van der Waals surface area (Å²) in [7, 11) is 0. The van der Waals surface area contributed by atoms with Crippen LogP contribution < -0.4 is 10.1 Å². The van der Waals surface area contributed by atoms with Crippen LogP contribution in [0.3, 0.4) is 0 Å². The molecule has 0 spiro atoms. The van der Waals surface area contributed by atoms with Crippen molar-refractivity contribution >= 4 is 0 Å². The molecule has 2 rings (SSSR count). The summed E-state index contributed by atoms with van der Waals surface area (Å²) in [4.78, 5) is 0. The molecule has 0 atom stereocenters. The molecule has 2 nitrogen and oxygen atoms in total. The molecule has 0 aliphatic carbocycles. The van der Waals surface area contributed by atoms with E-state index < -0.39 is 0 Å². The van der Waals surface area contributed by atoms with E-state index >= 15 is 0 Å². The second kappa shape index (κ2) is 6.72. The highest BCUT2D eigenvalue weighted by Crippen LogP contribution is 2.29. The summed E-state index contributed by atoms with van der Waals surface area (Å²) in [6, 6.07) is 11.0. The van der Waals surface area contributed by atoms with Crippen LogP contribution in [0.1, 0.15) is 30.5 Å². The van der Waals surface area contributed by atoms with Crippen molar-refractivity contribution in [3.8, 4) is 11.5 Å². The molecule has 2 aromatic rings. The van der Waals surface area contributed by atoms with E-state index in [-0.39, 0.29) is 5.82 Å². The third kappa shape index (κ3) is 4.30. The van der Waals surface area contributed by atoms with Gasteiger partial charge in [0.05, 0.1) is 0 Å². The molecule has 2 aromatic carbocycles. The summed E-state index contributed by atoms with van der Waals surface area (Å²) >= 11 is 0. The van der Waals surface area contributed by atoms with Crippen LogP contribution in [0.5, 0.6) is 11.5 Å². The maximum Gasteiger partial charge on any atom is 0.133 e. The van der Waals surface area contributed by atoms with Crippen molar-refractivity contribution in [3.63, 3.8) is 0 Å². The largest absolute Gasteiger partial charge is 0.457 e. The van der Waals surface area contributed by atoms with Gasteiger partial charge in [0.25, 0.3) is 0 Å². The molecule has 0 fully saturated rings. The van der Waals surface area contributed by atoms with Gasteiger partial charge in [0.1, 0.15) is 17.3 Å². The van der Waals surface area contributed by atoms with E-state index in [9.17, 15) is 4.39 Å². The number of rotatable bonds is 5. The first-order valence-electron chi connectivity index (χ1n) is 7.22. The molecule has 0 aliphatic rings. The second-order valence-electron chi connectivity index (χ2n) is 5.66. The Morgan fingerprint density at radius 2 is 1.81 bits per heavy atom. The van der Waals surface area contributed by atoms with Crippen LogP contribution in [-0.2, 0) is 6.54 Å². The Hall–Kier alpha value is -1.87. The van der Waals surface area contributed by atoms with Crippen molar-refractivity contribution in [2.75, 3.05) is 0 Å². The number of hydrogen-bond donors (Lipinski definition) is 1. The first-order chi connectivity index (χ1) is 9.95. The number of ether oxygens (including phenoxy) is 1. The SMILES string of the molecule is Cc1ccc(Oc2cc(F)ccc2C)c(CNC(C)C)c1. The van der Waals surface area contributed by atoms with Crippen LogP contribution in [0.15, 0.2) is 36.4 Å². The average Bonchev–Trinajstić information content (AvgIpc) is 2.43. The molecule has 0 unspecified atom stereocenters. The minimum absolute atomic E-state index is 0.287. The maximum absolute atomic E-state index is 13.4. The van der Waals surface area contributed by atoms with Gasteiger partial charge in [0.2, 0.25) is 0 Å². The number of hydrogen-bond acceptors (Lipinski definition) is 2. The lowest BCUT2D eigenvalue weighted by Crippen LogP contribution is -2.22. The summed E-state index contributed by atoms with van der Waals surface area (Å²) in [5.41, 5.74) is 3.17. The highest BCUT2D eigenvalue weighted by molar-refractivity contribution is 5.42. The van der Waals surface area contributed by atoms with Crippen LogP contribution in [0, 0.1) is 19.7 Å². The lowest BCUT2D eigenvalue weighted by molar-refractivity contribution is 0.461. The Balaban J connectivity index is 2.28. The zero-order valence-electron chi connectivity index (χ0n) is 13.0. The van der Waals surface area contributed by atoms with Gasteiger partial charge in [-0.2, -0.15) is 0 Å². The van der Waals surface area contributed by atoms with E-state index in [1.165, 1.54) is 17.7 Å². The fourth-order valence-corrected chi connectivity index (χ4v) is 2.06. The van der Waals surface area contributed by atoms with Crippen LogP contribution in [0.25, 0.3) is 0 Å². The fourth-order valence-electron chi connectivity index (χ4n) is 2.06. The highest BCUT2D eigenvalue weighted by atomic mass is 19.1. The third-order valence-corrected chi connectivity index (χ3v) is 3.29. The number of nitrogens with one attached hydrogen (secondary N) is 1. The topological polar surface area (TPSA) is 21.3 Å². The van der Waals surface area contributed by atoms with Crippen molar-refractivity contribution in [2.24, 2.45) is 0 Å². The molecule has 0 heterocycles. The molecule has 0 saturated carbocycles. The molecule has 0 bridgehead atoms. The summed E-state index contributed by atoms with van der Waals surface area (Å²) in [6.45, 7) is 8.90. The Morgan fingerprint density at radius 3 is 2.52 bits per heavy atom. The summed E-state index contributed by atoms with van der Waals surface area (Å²) in [5.74, 6) is 1.04. The van der Waals surface area contributed by atoms with Gasteiger partial charge in [-0.15, -0.1) is 0 Å². The summed E-state index contributed by atoms with van der Waals surface area (Å²) in [5, 5.41) is 3.39. The highest BCUT2D eigenvalue weighted by Gasteiger charge is 2.09. The van der Waals surface area contributed by atoms with E-state index in [0.717, 1.165) is 23.4 Å². The number of benzene rings is 2. The van der Waals surface area contributed by atoms with Gasteiger partial charge in [0.15, 0.2) is 0 Å². The molecule has 0 saturated heterocycles. The monoisotopic (exact) mass is 287 g/mol. The van der Waals surface area contributed by atoms with Gasteiger partial charge in [-0.05, 0) is 31.5 Å². The Bertz CT molecular complexity index is 623. The Labute approximate surface area is 126 Å². The lowest BCUT2D eigenvalue weighted by atomic mass is 10.1. The molecule has 112 valence electrons. The minimum atomic E-state index is -0.287. The molecule has 0 aromatic heterocycles. The van der Waals surface area contributed by atoms with E-state index in [2.05, 4.69) is 32.2 Å². The summed E-state index contributed by atoms with van der Waals surface area (Å²) in [6.07, 6.45) is 0. The normalized spacial score (nSPS) is 11.0. The molecule has 3 heteroatoms. The van der Waals surface area contributed by atoms with Gasteiger partial charge in [0, 0.05) is 24.2 Å². The maximum atomic E-state index is 13.4. The lowest BCUT2D eigenvalue weighted by Gasteiger charge is -2.15. The first-order valence-corrected chi connectivity index (χ1v) is 7.22. The van der Waals surface area contributed by atoms with Gasteiger partial charge in [-0.25, -0.2) is 4.39 Å². The summed E-state index contributed by atoms with van der Waals surface area (Å²) < 4.78 is 19.3. The van der Waals surface area contributed by atoms with Crippen molar-refractivity contribution in [1.29, 1.82) is 0 Å². The predicted molar refractivity (Wildman–Crippen MR) is 84.4 cm³/mol. The molecule has 21 heavy (non-hydrogen) atoms. The van der Waals surface area contributed by atoms with Crippen molar-refractivity contribution in [2.45, 2.75) is 40.3 Å². The Kier molecular flexibility index (Phi) is 4.97. The molecule has 0 radical (unpaired) electrons.